The SMILES string of the molecule is C=C(C)[C@@H]1C[C@H](c2ccccc2Cl)[C@H](C)O[C@@H]1c1cc(C(C)(C)c2ccccc2)ccc1OCC(=O)O. The highest BCUT2D eigenvalue weighted by atomic mass is 35.5. The summed E-state index contributed by atoms with van der Waals surface area (Å²) in [6.07, 6.45) is 0.371. The molecule has 0 unspecified atom stereocenters. The van der Waals surface area contributed by atoms with E-state index in [1.165, 1.54) is 5.56 Å². The smallest absolute Gasteiger partial charge is 0.341 e. The van der Waals surface area contributed by atoms with Gasteiger partial charge < -0.3 is 14.6 Å². The molecular weight excluding hydrogens is 484 g/mol. The first-order chi connectivity index (χ1) is 17.6. The van der Waals surface area contributed by atoms with Crippen LogP contribution < -0.4 is 4.74 Å². The highest BCUT2D eigenvalue weighted by Gasteiger charge is 2.40. The molecule has 4 rings (SSSR count). The highest BCUT2D eigenvalue weighted by Crippen LogP contribution is 2.49. The van der Waals surface area contributed by atoms with Gasteiger partial charge in [0.2, 0.25) is 0 Å². The normalized spacial score (nSPS) is 21.9. The summed E-state index contributed by atoms with van der Waals surface area (Å²) in [5.74, 6) is -0.388. The van der Waals surface area contributed by atoms with E-state index in [1.807, 2.05) is 55.5 Å². The average molecular weight is 519 g/mol. The van der Waals surface area contributed by atoms with Crippen molar-refractivity contribution in [1.82, 2.24) is 0 Å². The Morgan fingerprint density at radius 1 is 1.05 bits per heavy atom. The molecule has 1 aliphatic rings. The predicted molar refractivity (Wildman–Crippen MR) is 149 cm³/mol. The molecule has 0 spiro atoms. The summed E-state index contributed by atoms with van der Waals surface area (Å²) >= 11 is 6.58. The molecule has 3 aromatic carbocycles. The molecule has 4 atom stereocenters. The second-order valence-corrected chi connectivity index (χ2v) is 10.9. The maximum absolute atomic E-state index is 11.3. The molecule has 1 N–H and O–H groups in total. The van der Waals surface area contributed by atoms with E-state index in [0.717, 1.165) is 33.7 Å². The van der Waals surface area contributed by atoms with Crippen LogP contribution in [0, 0.1) is 5.92 Å². The van der Waals surface area contributed by atoms with Crippen molar-refractivity contribution in [2.24, 2.45) is 5.92 Å². The van der Waals surface area contributed by atoms with Crippen molar-refractivity contribution in [2.75, 3.05) is 6.61 Å². The number of benzene rings is 3. The van der Waals surface area contributed by atoms with E-state index >= 15 is 0 Å². The summed E-state index contributed by atoms with van der Waals surface area (Å²) in [4.78, 5) is 11.3. The number of rotatable bonds is 8. The van der Waals surface area contributed by atoms with Crippen LogP contribution in [0.1, 0.15) is 68.4 Å². The maximum Gasteiger partial charge on any atom is 0.341 e. The lowest BCUT2D eigenvalue weighted by molar-refractivity contribution is -0.139. The molecule has 0 saturated carbocycles. The van der Waals surface area contributed by atoms with Gasteiger partial charge in [0.1, 0.15) is 5.75 Å². The Labute approximate surface area is 224 Å². The Morgan fingerprint density at radius 3 is 2.38 bits per heavy atom. The van der Waals surface area contributed by atoms with E-state index in [-0.39, 0.29) is 29.5 Å². The van der Waals surface area contributed by atoms with Gasteiger partial charge >= 0.3 is 5.97 Å². The number of ether oxygens (including phenoxy) is 2. The lowest BCUT2D eigenvalue weighted by atomic mass is 9.74. The quantitative estimate of drug-likeness (QED) is 0.307. The van der Waals surface area contributed by atoms with E-state index in [2.05, 4.69) is 51.6 Å². The van der Waals surface area contributed by atoms with Gasteiger partial charge in [-0.15, -0.1) is 0 Å². The van der Waals surface area contributed by atoms with Crippen LogP contribution >= 0.6 is 11.6 Å². The third kappa shape index (κ3) is 5.76. The van der Waals surface area contributed by atoms with Crippen molar-refractivity contribution in [2.45, 2.75) is 57.7 Å². The number of halogens is 1. The van der Waals surface area contributed by atoms with Crippen LogP contribution in [0.15, 0.2) is 84.9 Å². The van der Waals surface area contributed by atoms with Crippen molar-refractivity contribution >= 4 is 17.6 Å². The lowest BCUT2D eigenvalue weighted by Gasteiger charge is -2.42. The van der Waals surface area contributed by atoms with Gasteiger partial charge in [-0.25, -0.2) is 4.79 Å². The Bertz CT molecular complexity index is 1270. The van der Waals surface area contributed by atoms with Crippen molar-refractivity contribution < 1.29 is 19.4 Å². The molecule has 1 saturated heterocycles. The maximum atomic E-state index is 11.3. The van der Waals surface area contributed by atoms with Gasteiger partial charge in [-0.3, -0.25) is 0 Å². The first-order valence-electron chi connectivity index (χ1n) is 12.7. The molecule has 0 radical (unpaired) electrons. The van der Waals surface area contributed by atoms with Crippen LogP contribution in [0.4, 0.5) is 0 Å². The van der Waals surface area contributed by atoms with Gasteiger partial charge in [-0.2, -0.15) is 0 Å². The molecule has 1 aliphatic heterocycles. The first-order valence-corrected chi connectivity index (χ1v) is 13.1. The molecule has 4 nitrogen and oxygen atoms in total. The highest BCUT2D eigenvalue weighted by molar-refractivity contribution is 6.31. The van der Waals surface area contributed by atoms with Crippen LogP contribution in [0.25, 0.3) is 0 Å². The molecule has 0 bridgehead atoms. The number of hydrogen-bond acceptors (Lipinski definition) is 3. The third-order valence-electron chi connectivity index (χ3n) is 7.62. The second kappa shape index (κ2) is 11.1. The Kier molecular flexibility index (Phi) is 8.11. The average Bonchev–Trinajstić information content (AvgIpc) is 2.88. The Morgan fingerprint density at radius 2 is 1.73 bits per heavy atom. The zero-order chi connectivity index (χ0) is 26.7. The summed E-state index contributed by atoms with van der Waals surface area (Å²) in [7, 11) is 0. The summed E-state index contributed by atoms with van der Waals surface area (Å²) in [5.41, 5.74) is 4.93. The first kappa shape index (κ1) is 27.0. The van der Waals surface area contributed by atoms with Crippen LogP contribution in [-0.2, 0) is 14.9 Å². The molecular formula is C32H35ClO4. The number of carbonyl (C=O) groups is 1. The lowest BCUT2D eigenvalue weighted by Crippen LogP contribution is -2.35. The minimum Gasteiger partial charge on any atom is -0.482 e. The van der Waals surface area contributed by atoms with E-state index < -0.39 is 12.6 Å². The zero-order valence-electron chi connectivity index (χ0n) is 21.9. The van der Waals surface area contributed by atoms with E-state index in [0.29, 0.717) is 5.75 Å². The molecule has 3 aromatic rings. The van der Waals surface area contributed by atoms with Crippen LogP contribution in [-0.4, -0.2) is 23.8 Å². The number of carboxylic acids is 1. The summed E-state index contributed by atoms with van der Waals surface area (Å²) in [6, 6.07) is 24.3. The zero-order valence-corrected chi connectivity index (χ0v) is 22.7. The largest absolute Gasteiger partial charge is 0.482 e. The van der Waals surface area contributed by atoms with E-state index in [4.69, 9.17) is 21.1 Å². The summed E-state index contributed by atoms with van der Waals surface area (Å²) < 4.78 is 12.5. The van der Waals surface area contributed by atoms with Gasteiger partial charge in [0.15, 0.2) is 6.61 Å². The minimum absolute atomic E-state index is 0.000242. The molecule has 194 valence electrons. The number of hydrogen-bond donors (Lipinski definition) is 1. The van der Waals surface area contributed by atoms with Gasteiger partial charge in [-0.05, 0) is 55.2 Å². The van der Waals surface area contributed by atoms with Crippen LogP contribution in [0.3, 0.4) is 0 Å². The van der Waals surface area contributed by atoms with Crippen LogP contribution in [0.2, 0.25) is 5.02 Å². The molecule has 1 fully saturated rings. The monoisotopic (exact) mass is 518 g/mol. The van der Waals surface area contributed by atoms with Crippen molar-refractivity contribution in [1.29, 1.82) is 0 Å². The fourth-order valence-corrected chi connectivity index (χ4v) is 5.64. The minimum atomic E-state index is -1.02. The topological polar surface area (TPSA) is 55.8 Å². The fourth-order valence-electron chi connectivity index (χ4n) is 5.37. The molecule has 0 aliphatic carbocycles. The predicted octanol–water partition coefficient (Wildman–Crippen LogP) is 7.96. The van der Waals surface area contributed by atoms with Gasteiger partial charge in [0, 0.05) is 27.8 Å². The number of aliphatic carboxylic acids is 1. The van der Waals surface area contributed by atoms with Gasteiger partial charge in [0.05, 0.1) is 12.2 Å². The summed E-state index contributed by atoms with van der Waals surface area (Å²) in [6.45, 7) is 12.4. The van der Waals surface area contributed by atoms with Crippen molar-refractivity contribution in [3.63, 3.8) is 0 Å². The van der Waals surface area contributed by atoms with E-state index in [1.54, 1.807) is 0 Å². The Hall–Kier alpha value is -3.08. The Balaban J connectivity index is 1.77. The van der Waals surface area contributed by atoms with Crippen molar-refractivity contribution in [3.05, 3.63) is 112 Å². The second-order valence-electron chi connectivity index (χ2n) is 10.5. The van der Waals surface area contributed by atoms with Crippen LogP contribution in [0.5, 0.6) is 5.75 Å². The molecule has 37 heavy (non-hydrogen) atoms. The molecule has 1 heterocycles. The molecule has 5 heteroatoms. The molecule has 0 amide bonds. The molecule has 0 aromatic heterocycles. The van der Waals surface area contributed by atoms with E-state index in [9.17, 15) is 9.90 Å². The number of carboxylic acid groups (broad SMARTS) is 1. The fraction of sp³-hybridized carbons (Fsp3) is 0.344. The summed E-state index contributed by atoms with van der Waals surface area (Å²) in [5, 5.41) is 10.0. The van der Waals surface area contributed by atoms with Crippen molar-refractivity contribution in [3.8, 4) is 5.75 Å². The standard InChI is InChI=1S/C32H35ClO4/c1-20(2)25-18-26(24-13-9-10-14-28(24)33)21(3)37-31(25)27-17-23(15-16-29(27)36-19-30(34)35)32(4,5)22-11-7-6-8-12-22/h6-17,21,25-26,31H,1,18-19H2,2-5H3,(H,34,35)/t21-,25-,26-,31-/m0/s1. The van der Waals surface area contributed by atoms with Gasteiger partial charge in [-0.1, -0.05) is 92.2 Å². The van der Waals surface area contributed by atoms with Gasteiger partial charge in [0.25, 0.3) is 0 Å². The third-order valence-corrected chi connectivity index (χ3v) is 7.97.